The molecule has 1 fully saturated rings. The summed E-state index contributed by atoms with van der Waals surface area (Å²) in [6, 6.07) is 5.52. The molecule has 0 saturated carbocycles. The van der Waals surface area contributed by atoms with E-state index in [9.17, 15) is 9.59 Å². The Morgan fingerprint density at radius 3 is 2.63 bits per heavy atom. The van der Waals surface area contributed by atoms with Crippen molar-refractivity contribution >= 4 is 44.9 Å². The van der Waals surface area contributed by atoms with E-state index in [-0.39, 0.29) is 17.3 Å². The number of halogens is 1. The summed E-state index contributed by atoms with van der Waals surface area (Å²) < 4.78 is 6.41. The monoisotopic (exact) mass is 341 g/mol. The van der Waals surface area contributed by atoms with E-state index in [0.29, 0.717) is 4.91 Å². The van der Waals surface area contributed by atoms with Crippen LogP contribution in [0.5, 0.6) is 5.75 Å². The number of carbonyl (C=O) groups excluding carboxylic acids is 2. The molecule has 0 radical (unpaired) electrons. The van der Waals surface area contributed by atoms with Crippen molar-refractivity contribution in [3.05, 3.63) is 33.1 Å². The summed E-state index contributed by atoms with van der Waals surface area (Å²) in [6.45, 7) is 3.90. The van der Waals surface area contributed by atoms with Crippen molar-refractivity contribution in [2.45, 2.75) is 20.0 Å². The molecule has 0 atom stereocenters. The van der Waals surface area contributed by atoms with Crippen LogP contribution in [0.3, 0.4) is 0 Å². The number of ether oxygens (including phenoxy) is 1. The van der Waals surface area contributed by atoms with Gasteiger partial charge in [0.15, 0.2) is 0 Å². The molecule has 0 spiro atoms. The van der Waals surface area contributed by atoms with Crippen LogP contribution >= 0.6 is 27.7 Å². The molecule has 2 amide bonds. The van der Waals surface area contributed by atoms with Crippen LogP contribution < -0.4 is 10.1 Å². The number of amides is 2. The summed E-state index contributed by atoms with van der Waals surface area (Å²) in [4.78, 5) is 22.9. The molecule has 1 N–H and O–H groups in total. The van der Waals surface area contributed by atoms with Crippen LogP contribution in [0, 0.1) is 0 Å². The molecular formula is C13H12BrNO3S. The second kappa shape index (κ2) is 5.79. The van der Waals surface area contributed by atoms with Crippen molar-refractivity contribution in [2.24, 2.45) is 0 Å². The SMILES string of the molecule is CC(C)Oc1ccc(/C=C2\SC(=O)NC2=O)cc1Br. The van der Waals surface area contributed by atoms with E-state index < -0.39 is 0 Å². The lowest BCUT2D eigenvalue weighted by molar-refractivity contribution is -0.115. The molecule has 1 saturated heterocycles. The highest BCUT2D eigenvalue weighted by molar-refractivity contribution is 9.10. The zero-order valence-corrected chi connectivity index (χ0v) is 12.8. The Bertz CT molecular complexity index is 569. The minimum atomic E-state index is -0.353. The topological polar surface area (TPSA) is 55.4 Å². The Kier molecular flexibility index (Phi) is 4.31. The molecule has 1 aliphatic rings. The Labute approximate surface area is 123 Å². The van der Waals surface area contributed by atoms with Gasteiger partial charge >= 0.3 is 0 Å². The van der Waals surface area contributed by atoms with Crippen LogP contribution in [0.25, 0.3) is 6.08 Å². The van der Waals surface area contributed by atoms with E-state index in [0.717, 1.165) is 27.5 Å². The maximum absolute atomic E-state index is 11.4. The van der Waals surface area contributed by atoms with E-state index in [1.807, 2.05) is 32.0 Å². The maximum Gasteiger partial charge on any atom is 0.290 e. The van der Waals surface area contributed by atoms with Gasteiger partial charge in [0.1, 0.15) is 5.75 Å². The average Bonchev–Trinajstić information content (AvgIpc) is 2.61. The third-order valence-corrected chi connectivity index (χ3v) is 3.69. The number of hydrogen-bond donors (Lipinski definition) is 1. The highest BCUT2D eigenvalue weighted by Crippen LogP contribution is 2.30. The lowest BCUT2D eigenvalue weighted by Crippen LogP contribution is -2.17. The van der Waals surface area contributed by atoms with Gasteiger partial charge in [-0.15, -0.1) is 0 Å². The minimum Gasteiger partial charge on any atom is -0.490 e. The third-order valence-electron chi connectivity index (χ3n) is 2.26. The van der Waals surface area contributed by atoms with Crippen molar-refractivity contribution < 1.29 is 14.3 Å². The number of imide groups is 1. The highest BCUT2D eigenvalue weighted by atomic mass is 79.9. The highest BCUT2D eigenvalue weighted by Gasteiger charge is 2.24. The predicted octanol–water partition coefficient (Wildman–Crippen LogP) is 3.56. The molecule has 4 nitrogen and oxygen atoms in total. The summed E-state index contributed by atoms with van der Waals surface area (Å²) in [5, 5.41) is 1.88. The summed E-state index contributed by atoms with van der Waals surface area (Å²) in [5.41, 5.74) is 0.829. The van der Waals surface area contributed by atoms with Crippen molar-refractivity contribution in [3.63, 3.8) is 0 Å². The average molecular weight is 342 g/mol. The van der Waals surface area contributed by atoms with Crippen molar-refractivity contribution in [1.29, 1.82) is 0 Å². The molecule has 0 aromatic heterocycles. The molecule has 0 unspecified atom stereocenters. The zero-order valence-electron chi connectivity index (χ0n) is 10.4. The fourth-order valence-corrected chi connectivity index (χ4v) is 2.70. The number of carbonyl (C=O) groups is 2. The van der Waals surface area contributed by atoms with Gasteiger partial charge in [-0.2, -0.15) is 0 Å². The molecular weight excluding hydrogens is 330 g/mol. The first-order chi connectivity index (χ1) is 8.95. The molecule has 1 aromatic carbocycles. The summed E-state index contributed by atoms with van der Waals surface area (Å²) in [6.07, 6.45) is 1.77. The largest absolute Gasteiger partial charge is 0.490 e. The van der Waals surface area contributed by atoms with E-state index in [4.69, 9.17) is 4.74 Å². The van der Waals surface area contributed by atoms with E-state index in [1.165, 1.54) is 0 Å². The van der Waals surface area contributed by atoms with Gasteiger partial charge in [0.05, 0.1) is 15.5 Å². The predicted molar refractivity (Wildman–Crippen MR) is 79.0 cm³/mol. The standard InChI is InChI=1S/C13H12BrNO3S/c1-7(2)18-10-4-3-8(5-9(10)14)6-11-12(16)15-13(17)19-11/h3-7H,1-2H3,(H,15,16,17)/b11-6-. The number of thioether (sulfide) groups is 1. The quantitative estimate of drug-likeness (QED) is 0.854. The van der Waals surface area contributed by atoms with Crippen LogP contribution in [0.4, 0.5) is 4.79 Å². The van der Waals surface area contributed by atoms with Gasteiger partial charge in [-0.1, -0.05) is 6.07 Å². The number of hydrogen-bond acceptors (Lipinski definition) is 4. The fraction of sp³-hybridized carbons (Fsp3) is 0.231. The smallest absolute Gasteiger partial charge is 0.290 e. The minimum absolute atomic E-state index is 0.0919. The van der Waals surface area contributed by atoms with Crippen LogP contribution in [-0.4, -0.2) is 17.3 Å². The molecule has 0 aliphatic carbocycles. The zero-order chi connectivity index (χ0) is 14.0. The third kappa shape index (κ3) is 3.61. The molecule has 6 heteroatoms. The Balaban J connectivity index is 2.23. The van der Waals surface area contributed by atoms with E-state index >= 15 is 0 Å². The summed E-state index contributed by atoms with van der Waals surface area (Å²) in [5.74, 6) is 0.394. The van der Waals surface area contributed by atoms with Crippen molar-refractivity contribution in [2.75, 3.05) is 0 Å². The van der Waals surface area contributed by atoms with Gasteiger partial charge in [0.2, 0.25) is 0 Å². The normalized spacial score (nSPS) is 17.2. The van der Waals surface area contributed by atoms with Crippen LogP contribution in [0.1, 0.15) is 19.4 Å². The summed E-state index contributed by atoms with van der Waals surface area (Å²) >= 11 is 4.33. The molecule has 1 aliphatic heterocycles. The Hall–Kier alpha value is -1.27. The second-order valence-corrected chi connectivity index (χ2v) is 6.08. The number of rotatable bonds is 3. The first-order valence-electron chi connectivity index (χ1n) is 5.67. The van der Waals surface area contributed by atoms with E-state index in [1.54, 1.807) is 6.08 Å². The van der Waals surface area contributed by atoms with Gasteiger partial charge in [-0.3, -0.25) is 14.9 Å². The maximum atomic E-state index is 11.4. The fourth-order valence-electron chi connectivity index (χ4n) is 1.53. The van der Waals surface area contributed by atoms with Crippen LogP contribution in [-0.2, 0) is 4.79 Å². The first kappa shape index (κ1) is 14.1. The van der Waals surface area contributed by atoms with Gasteiger partial charge in [-0.25, -0.2) is 0 Å². The van der Waals surface area contributed by atoms with Crippen molar-refractivity contribution in [3.8, 4) is 5.75 Å². The van der Waals surface area contributed by atoms with Crippen LogP contribution in [0.2, 0.25) is 0 Å². The van der Waals surface area contributed by atoms with E-state index in [2.05, 4.69) is 21.2 Å². The first-order valence-corrected chi connectivity index (χ1v) is 7.27. The lowest BCUT2D eigenvalue weighted by atomic mass is 10.2. The molecule has 2 rings (SSSR count). The van der Waals surface area contributed by atoms with Gasteiger partial charge in [0.25, 0.3) is 11.1 Å². The molecule has 0 bridgehead atoms. The second-order valence-electron chi connectivity index (χ2n) is 4.21. The Morgan fingerprint density at radius 2 is 2.11 bits per heavy atom. The molecule has 1 aromatic rings. The summed E-state index contributed by atoms with van der Waals surface area (Å²) in [7, 11) is 0. The van der Waals surface area contributed by atoms with Crippen molar-refractivity contribution in [1.82, 2.24) is 5.32 Å². The molecule has 19 heavy (non-hydrogen) atoms. The molecule has 100 valence electrons. The van der Waals surface area contributed by atoms with Crippen LogP contribution in [0.15, 0.2) is 27.6 Å². The number of benzene rings is 1. The lowest BCUT2D eigenvalue weighted by Gasteiger charge is -2.11. The van der Waals surface area contributed by atoms with Gasteiger partial charge in [-0.05, 0) is 65.3 Å². The van der Waals surface area contributed by atoms with Gasteiger partial charge < -0.3 is 4.74 Å². The molecule has 1 heterocycles. The van der Waals surface area contributed by atoms with Gasteiger partial charge in [0, 0.05) is 0 Å². The number of nitrogens with one attached hydrogen (secondary N) is 1. The Morgan fingerprint density at radius 1 is 1.37 bits per heavy atom.